The predicted octanol–water partition coefficient (Wildman–Crippen LogP) is 3.42. The lowest BCUT2D eigenvalue weighted by Gasteiger charge is -2.18. The molecule has 0 radical (unpaired) electrons. The fourth-order valence-corrected chi connectivity index (χ4v) is 2.82. The van der Waals surface area contributed by atoms with Crippen LogP contribution in [0.5, 0.6) is 5.75 Å². The molecule has 1 aromatic carbocycles. The van der Waals surface area contributed by atoms with Crippen molar-refractivity contribution in [3.63, 3.8) is 0 Å². The van der Waals surface area contributed by atoms with Crippen molar-refractivity contribution in [3.8, 4) is 5.75 Å². The Bertz CT molecular complexity index is 505. The van der Waals surface area contributed by atoms with Crippen molar-refractivity contribution < 1.29 is 4.74 Å². The van der Waals surface area contributed by atoms with Gasteiger partial charge in [-0.25, -0.2) is 0 Å². The second-order valence-electron chi connectivity index (χ2n) is 4.23. The average Bonchev–Trinajstić information content (AvgIpc) is 2.80. The molecular weight excluding hydrogens is 230 g/mol. The molecule has 2 nitrogen and oxygen atoms in total. The number of rotatable bonds is 3. The van der Waals surface area contributed by atoms with E-state index in [0.717, 1.165) is 16.9 Å². The number of methoxy groups -OCH3 is 1. The number of hydrogen-bond acceptors (Lipinski definition) is 3. The molecule has 1 atom stereocenters. The zero-order valence-corrected chi connectivity index (χ0v) is 11.2. The Balaban J connectivity index is 2.51. The van der Waals surface area contributed by atoms with E-state index in [1.165, 1.54) is 11.1 Å². The van der Waals surface area contributed by atoms with Gasteiger partial charge < -0.3 is 10.5 Å². The molecule has 0 aliphatic carbocycles. The van der Waals surface area contributed by atoms with Gasteiger partial charge in [0.1, 0.15) is 5.75 Å². The number of benzene rings is 1. The van der Waals surface area contributed by atoms with Crippen molar-refractivity contribution in [2.45, 2.75) is 19.9 Å². The summed E-state index contributed by atoms with van der Waals surface area (Å²) in [5.74, 6) is 0.876. The van der Waals surface area contributed by atoms with Crippen molar-refractivity contribution in [1.29, 1.82) is 0 Å². The van der Waals surface area contributed by atoms with Gasteiger partial charge >= 0.3 is 0 Å². The van der Waals surface area contributed by atoms with E-state index in [0.29, 0.717) is 0 Å². The summed E-state index contributed by atoms with van der Waals surface area (Å²) >= 11 is 1.66. The molecule has 0 bridgehead atoms. The molecule has 0 saturated heterocycles. The van der Waals surface area contributed by atoms with Crippen LogP contribution in [0, 0.1) is 13.8 Å². The van der Waals surface area contributed by atoms with Gasteiger partial charge in [-0.05, 0) is 53.4 Å². The van der Waals surface area contributed by atoms with Crippen LogP contribution in [0.25, 0.3) is 0 Å². The molecule has 0 amide bonds. The van der Waals surface area contributed by atoms with E-state index in [2.05, 4.69) is 31.4 Å². The molecule has 1 aromatic heterocycles. The molecule has 0 aliphatic rings. The van der Waals surface area contributed by atoms with Gasteiger partial charge in [0.25, 0.3) is 0 Å². The minimum atomic E-state index is -0.114. The molecule has 2 aromatic rings. The van der Waals surface area contributed by atoms with Gasteiger partial charge in [-0.1, -0.05) is 6.07 Å². The second kappa shape index (κ2) is 4.90. The standard InChI is InChI=1S/C14H17NOS/c1-9-6-10(2)13(12(7-9)16-3)14(15)11-4-5-17-8-11/h4-8,14H,15H2,1-3H3. The Morgan fingerprint density at radius 1 is 1.29 bits per heavy atom. The topological polar surface area (TPSA) is 35.2 Å². The van der Waals surface area contributed by atoms with Gasteiger partial charge in [-0.3, -0.25) is 0 Å². The normalized spacial score (nSPS) is 12.5. The fourth-order valence-electron chi connectivity index (χ4n) is 2.13. The van der Waals surface area contributed by atoms with Gasteiger partial charge in [0, 0.05) is 5.56 Å². The van der Waals surface area contributed by atoms with E-state index in [9.17, 15) is 0 Å². The lowest BCUT2D eigenvalue weighted by molar-refractivity contribution is 0.407. The van der Waals surface area contributed by atoms with Crippen molar-refractivity contribution in [3.05, 3.63) is 51.2 Å². The number of thiophene rings is 1. The molecule has 2 rings (SSSR count). The lowest BCUT2D eigenvalue weighted by atomic mass is 9.95. The Hall–Kier alpha value is -1.32. The Labute approximate surface area is 106 Å². The zero-order valence-electron chi connectivity index (χ0n) is 10.4. The largest absolute Gasteiger partial charge is 0.496 e. The summed E-state index contributed by atoms with van der Waals surface area (Å²) in [6, 6.07) is 6.13. The summed E-state index contributed by atoms with van der Waals surface area (Å²) in [7, 11) is 1.69. The van der Waals surface area contributed by atoms with Crippen LogP contribution in [0.4, 0.5) is 0 Å². The van der Waals surface area contributed by atoms with Crippen molar-refractivity contribution in [1.82, 2.24) is 0 Å². The number of ether oxygens (including phenoxy) is 1. The first-order valence-electron chi connectivity index (χ1n) is 5.56. The SMILES string of the molecule is COc1cc(C)cc(C)c1C(N)c1ccsc1. The van der Waals surface area contributed by atoms with E-state index in [-0.39, 0.29) is 6.04 Å². The van der Waals surface area contributed by atoms with Crippen LogP contribution < -0.4 is 10.5 Å². The fraction of sp³-hybridized carbons (Fsp3) is 0.286. The highest BCUT2D eigenvalue weighted by Gasteiger charge is 2.17. The molecule has 2 N–H and O–H groups in total. The number of aryl methyl sites for hydroxylation is 2. The summed E-state index contributed by atoms with van der Waals surface area (Å²) in [5, 5.41) is 4.13. The van der Waals surface area contributed by atoms with Crippen LogP contribution in [0.2, 0.25) is 0 Å². The smallest absolute Gasteiger partial charge is 0.124 e. The second-order valence-corrected chi connectivity index (χ2v) is 5.01. The van der Waals surface area contributed by atoms with Crippen molar-refractivity contribution >= 4 is 11.3 Å². The first-order chi connectivity index (χ1) is 8.13. The van der Waals surface area contributed by atoms with Gasteiger partial charge in [-0.2, -0.15) is 11.3 Å². The van der Waals surface area contributed by atoms with E-state index in [4.69, 9.17) is 10.5 Å². The summed E-state index contributed by atoms with van der Waals surface area (Å²) in [5.41, 5.74) is 10.9. The lowest BCUT2D eigenvalue weighted by Crippen LogP contribution is -2.14. The summed E-state index contributed by atoms with van der Waals surface area (Å²) in [6.45, 7) is 4.15. The third kappa shape index (κ3) is 2.35. The van der Waals surface area contributed by atoms with Gasteiger partial charge in [0.2, 0.25) is 0 Å². The molecule has 1 unspecified atom stereocenters. The maximum atomic E-state index is 6.31. The third-order valence-electron chi connectivity index (χ3n) is 2.93. The van der Waals surface area contributed by atoms with Crippen LogP contribution in [-0.2, 0) is 0 Å². The third-order valence-corrected chi connectivity index (χ3v) is 3.63. The highest BCUT2D eigenvalue weighted by molar-refractivity contribution is 7.08. The molecule has 0 aliphatic heterocycles. The Kier molecular flexibility index (Phi) is 3.50. The minimum Gasteiger partial charge on any atom is -0.496 e. The highest BCUT2D eigenvalue weighted by Crippen LogP contribution is 2.33. The molecule has 3 heteroatoms. The molecular formula is C14H17NOS. The molecule has 0 saturated carbocycles. The summed E-state index contributed by atoms with van der Waals surface area (Å²) in [6.07, 6.45) is 0. The molecule has 90 valence electrons. The first kappa shape index (κ1) is 12.1. The van der Waals surface area contributed by atoms with Crippen LogP contribution in [-0.4, -0.2) is 7.11 Å². The summed E-state index contributed by atoms with van der Waals surface area (Å²) in [4.78, 5) is 0. The van der Waals surface area contributed by atoms with Gasteiger partial charge in [-0.15, -0.1) is 0 Å². The monoisotopic (exact) mass is 247 g/mol. The van der Waals surface area contributed by atoms with Crippen LogP contribution in [0.1, 0.15) is 28.3 Å². The Morgan fingerprint density at radius 2 is 2.06 bits per heavy atom. The Morgan fingerprint density at radius 3 is 2.65 bits per heavy atom. The predicted molar refractivity (Wildman–Crippen MR) is 72.8 cm³/mol. The molecule has 1 heterocycles. The van der Waals surface area contributed by atoms with E-state index >= 15 is 0 Å². The first-order valence-corrected chi connectivity index (χ1v) is 6.50. The van der Waals surface area contributed by atoms with Gasteiger partial charge in [0.05, 0.1) is 13.2 Å². The van der Waals surface area contributed by atoms with Crippen LogP contribution in [0.15, 0.2) is 29.0 Å². The maximum Gasteiger partial charge on any atom is 0.124 e. The highest BCUT2D eigenvalue weighted by atomic mass is 32.1. The minimum absolute atomic E-state index is 0.114. The molecule has 17 heavy (non-hydrogen) atoms. The summed E-state index contributed by atoms with van der Waals surface area (Å²) < 4.78 is 5.45. The van der Waals surface area contributed by atoms with Crippen LogP contribution >= 0.6 is 11.3 Å². The molecule has 0 fully saturated rings. The zero-order chi connectivity index (χ0) is 12.4. The van der Waals surface area contributed by atoms with Crippen molar-refractivity contribution in [2.24, 2.45) is 5.73 Å². The van der Waals surface area contributed by atoms with Crippen molar-refractivity contribution in [2.75, 3.05) is 7.11 Å². The van der Waals surface area contributed by atoms with E-state index in [1.54, 1.807) is 18.4 Å². The average molecular weight is 247 g/mol. The quantitative estimate of drug-likeness (QED) is 0.902. The number of hydrogen-bond donors (Lipinski definition) is 1. The van der Waals surface area contributed by atoms with Crippen LogP contribution in [0.3, 0.4) is 0 Å². The number of nitrogens with two attached hydrogens (primary N) is 1. The maximum absolute atomic E-state index is 6.31. The van der Waals surface area contributed by atoms with E-state index in [1.807, 2.05) is 11.4 Å². The van der Waals surface area contributed by atoms with E-state index < -0.39 is 0 Å². The van der Waals surface area contributed by atoms with Gasteiger partial charge in [0.15, 0.2) is 0 Å². The molecule has 0 spiro atoms.